The van der Waals surface area contributed by atoms with Crippen molar-refractivity contribution in [1.29, 1.82) is 0 Å². The number of nitrogens with zero attached hydrogens (tertiary/aromatic N) is 2. The van der Waals surface area contributed by atoms with Gasteiger partial charge in [0.2, 0.25) is 0 Å². The minimum atomic E-state index is -0.152. The molecule has 0 unspecified atom stereocenters. The number of nitrogens with two attached hydrogens (primary N) is 1. The molecule has 0 atom stereocenters. The van der Waals surface area contributed by atoms with Crippen molar-refractivity contribution >= 4 is 5.91 Å². The first-order valence-electron chi connectivity index (χ1n) is 7.24. The molecule has 6 nitrogen and oxygen atoms in total. The average Bonchev–Trinajstić information content (AvgIpc) is 2.73. The number of ether oxygens (including phenoxy) is 1. The summed E-state index contributed by atoms with van der Waals surface area (Å²) in [4.78, 5) is 16.6. The van der Waals surface area contributed by atoms with Gasteiger partial charge in [0.1, 0.15) is 11.5 Å². The molecule has 0 bridgehead atoms. The van der Waals surface area contributed by atoms with Crippen molar-refractivity contribution in [2.45, 2.75) is 6.42 Å². The van der Waals surface area contributed by atoms with E-state index in [2.05, 4.69) is 4.90 Å². The summed E-state index contributed by atoms with van der Waals surface area (Å²) in [6.45, 7) is 4.59. The van der Waals surface area contributed by atoms with Gasteiger partial charge in [-0.3, -0.25) is 4.79 Å². The highest BCUT2D eigenvalue weighted by atomic mass is 16.5. The summed E-state index contributed by atoms with van der Waals surface area (Å²) in [5, 5.41) is 9.91. The number of hydrogen-bond acceptors (Lipinski definition) is 5. The van der Waals surface area contributed by atoms with Crippen LogP contribution in [0.5, 0.6) is 11.5 Å². The Kier molecular flexibility index (Phi) is 5.41. The lowest BCUT2D eigenvalue weighted by molar-refractivity contribution is 0.0758. The highest BCUT2D eigenvalue weighted by molar-refractivity contribution is 5.97. The molecule has 1 aliphatic rings. The minimum absolute atomic E-state index is 0.0103. The van der Waals surface area contributed by atoms with Crippen molar-refractivity contribution in [3.63, 3.8) is 0 Å². The topological polar surface area (TPSA) is 79.0 Å². The van der Waals surface area contributed by atoms with Crippen molar-refractivity contribution in [3.8, 4) is 11.5 Å². The third-order valence-electron chi connectivity index (χ3n) is 3.76. The zero-order valence-corrected chi connectivity index (χ0v) is 12.4. The molecular weight excluding hydrogens is 270 g/mol. The summed E-state index contributed by atoms with van der Waals surface area (Å²) < 4.78 is 5.12. The van der Waals surface area contributed by atoms with Crippen LogP contribution < -0.4 is 10.5 Å². The molecule has 1 aromatic carbocycles. The third-order valence-corrected chi connectivity index (χ3v) is 3.76. The number of aromatic hydroxyl groups is 1. The van der Waals surface area contributed by atoms with Crippen LogP contribution in [0.4, 0.5) is 0 Å². The van der Waals surface area contributed by atoms with Gasteiger partial charge in [-0.15, -0.1) is 0 Å². The van der Waals surface area contributed by atoms with Crippen LogP contribution in [-0.2, 0) is 0 Å². The number of rotatable bonds is 4. The van der Waals surface area contributed by atoms with Gasteiger partial charge in [-0.1, -0.05) is 0 Å². The summed E-state index contributed by atoms with van der Waals surface area (Å²) in [6.07, 6.45) is 0.913. The number of amides is 1. The lowest BCUT2D eigenvalue weighted by atomic mass is 10.1. The Balaban J connectivity index is 2.09. The van der Waals surface area contributed by atoms with Crippen LogP contribution in [0, 0.1) is 0 Å². The fraction of sp³-hybridized carbons (Fsp3) is 0.533. The van der Waals surface area contributed by atoms with Crippen LogP contribution in [0.2, 0.25) is 0 Å². The second-order valence-corrected chi connectivity index (χ2v) is 5.16. The van der Waals surface area contributed by atoms with Crippen LogP contribution in [-0.4, -0.2) is 67.2 Å². The van der Waals surface area contributed by atoms with E-state index in [9.17, 15) is 9.90 Å². The first-order chi connectivity index (χ1) is 10.2. The predicted molar refractivity (Wildman–Crippen MR) is 80.7 cm³/mol. The summed E-state index contributed by atoms with van der Waals surface area (Å²) in [5.41, 5.74) is 5.87. The number of phenolic OH excluding ortho intramolecular Hbond substituents is 1. The summed E-state index contributed by atoms with van der Waals surface area (Å²) in [6, 6.07) is 4.71. The maximum absolute atomic E-state index is 12.6. The fourth-order valence-corrected chi connectivity index (χ4v) is 2.56. The van der Waals surface area contributed by atoms with E-state index in [0.29, 0.717) is 30.9 Å². The molecule has 116 valence electrons. The molecular formula is C15H23N3O3. The zero-order chi connectivity index (χ0) is 15.2. The van der Waals surface area contributed by atoms with Crippen molar-refractivity contribution in [1.82, 2.24) is 9.80 Å². The van der Waals surface area contributed by atoms with E-state index in [1.54, 1.807) is 17.0 Å². The number of carbonyl (C=O) groups excluding carboxylic acids is 1. The molecule has 1 amide bonds. The van der Waals surface area contributed by atoms with Gasteiger partial charge in [-0.25, -0.2) is 0 Å². The highest BCUT2D eigenvalue weighted by Gasteiger charge is 2.22. The van der Waals surface area contributed by atoms with E-state index in [4.69, 9.17) is 10.5 Å². The molecule has 6 heteroatoms. The average molecular weight is 293 g/mol. The zero-order valence-electron chi connectivity index (χ0n) is 12.4. The van der Waals surface area contributed by atoms with Crippen molar-refractivity contribution in [2.24, 2.45) is 5.73 Å². The van der Waals surface area contributed by atoms with Crippen LogP contribution >= 0.6 is 0 Å². The summed E-state index contributed by atoms with van der Waals surface area (Å²) in [7, 11) is 1.54. The Labute approximate surface area is 125 Å². The Morgan fingerprint density at radius 3 is 2.86 bits per heavy atom. The van der Waals surface area contributed by atoms with E-state index < -0.39 is 0 Å². The van der Waals surface area contributed by atoms with Gasteiger partial charge < -0.3 is 25.4 Å². The predicted octanol–water partition coefficient (Wildman–Crippen LogP) is 0.507. The molecule has 1 fully saturated rings. The van der Waals surface area contributed by atoms with E-state index in [1.807, 2.05) is 0 Å². The first kappa shape index (κ1) is 15.6. The third kappa shape index (κ3) is 3.86. The molecule has 1 aliphatic heterocycles. The van der Waals surface area contributed by atoms with Crippen LogP contribution in [0.15, 0.2) is 18.2 Å². The van der Waals surface area contributed by atoms with Gasteiger partial charge in [0.15, 0.2) is 0 Å². The minimum Gasteiger partial charge on any atom is -0.507 e. The Hall–Kier alpha value is -1.79. The molecule has 3 N–H and O–H groups in total. The molecule has 0 spiro atoms. The molecule has 1 aromatic rings. The molecule has 0 radical (unpaired) electrons. The summed E-state index contributed by atoms with van der Waals surface area (Å²) in [5.74, 6) is 0.403. The Bertz CT molecular complexity index is 493. The first-order valence-corrected chi connectivity index (χ1v) is 7.24. The molecule has 2 rings (SSSR count). The number of methoxy groups -OCH3 is 1. The van der Waals surface area contributed by atoms with Gasteiger partial charge in [-0.2, -0.15) is 0 Å². The second-order valence-electron chi connectivity index (χ2n) is 5.16. The lowest BCUT2D eigenvalue weighted by Crippen LogP contribution is -2.36. The lowest BCUT2D eigenvalue weighted by Gasteiger charge is -2.22. The SMILES string of the molecule is COc1ccc(O)c(C(=O)N2CCCN(CCN)CC2)c1. The van der Waals surface area contributed by atoms with Gasteiger partial charge in [0, 0.05) is 32.7 Å². The van der Waals surface area contributed by atoms with Gasteiger partial charge in [0.25, 0.3) is 5.91 Å². The van der Waals surface area contributed by atoms with Crippen LogP contribution in [0.1, 0.15) is 16.8 Å². The normalized spacial score (nSPS) is 16.6. The number of benzene rings is 1. The van der Waals surface area contributed by atoms with E-state index in [-0.39, 0.29) is 11.7 Å². The summed E-state index contributed by atoms with van der Waals surface area (Å²) >= 11 is 0. The quantitative estimate of drug-likeness (QED) is 0.845. The monoisotopic (exact) mass is 293 g/mol. The smallest absolute Gasteiger partial charge is 0.257 e. The molecule has 21 heavy (non-hydrogen) atoms. The van der Waals surface area contributed by atoms with Gasteiger partial charge in [0.05, 0.1) is 12.7 Å². The Morgan fingerprint density at radius 2 is 2.14 bits per heavy atom. The van der Waals surface area contributed by atoms with E-state index in [1.165, 1.54) is 13.2 Å². The standard InChI is InChI=1S/C15H23N3O3/c1-21-12-3-4-14(19)13(11-12)15(20)18-7-2-6-17(8-5-16)9-10-18/h3-4,11,19H,2,5-10,16H2,1H3. The highest BCUT2D eigenvalue weighted by Crippen LogP contribution is 2.24. The van der Waals surface area contributed by atoms with E-state index in [0.717, 1.165) is 26.1 Å². The van der Waals surface area contributed by atoms with Crippen LogP contribution in [0.3, 0.4) is 0 Å². The molecule has 0 aliphatic carbocycles. The fourth-order valence-electron chi connectivity index (χ4n) is 2.56. The number of phenols is 1. The van der Waals surface area contributed by atoms with Crippen LogP contribution in [0.25, 0.3) is 0 Å². The molecule has 0 aromatic heterocycles. The van der Waals surface area contributed by atoms with Gasteiger partial charge in [-0.05, 0) is 31.2 Å². The van der Waals surface area contributed by atoms with Crippen molar-refractivity contribution < 1.29 is 14.6 Å². The number of hydrogen-bond donors (Lipinski definition) is 2. The maximum atomic E-state index is 12.6. The largest absolute Gasteiger partial charge is 0.507 e. The molecule has 0 saturated carbocycles. The van der Waals surface area contributed by atoms with Crippen molar-refractivity contribution in [3.05, 3.63) is 23.8 Å². The molecule has 1 heterocycles. The second kappa shape index (κ2) is 7.28. The maximum Gasteiger partial charge on any atom is 0.257 e. The Morgan fingerprint density at radius 1 is 1.33 bits per heavy atom. The van der Waals surface area contributed by atoms with Crippen molar-refractivity contribution in [2.75, 3.05) is 46.4 Å². The molecule has 1 saturated heterocycles. The van der Waals surface area contributed by atoms with Gasteiger partial charge >= 0.3 is 0 Å². The van der Waals surface area contributed by atoms with E-state index >= 15 is 0 Å². The number of carbonyl (C=O) groups is 1.